The Hall–Kier alpha value is -3.28. The third kappa shape index (κ3) is 3.92. The summed E-state index contributed by atoms with van der Waals surface area (Å²) in [6.45, 7) is 3.76. The number of benzene rings is 1. The Kier molecular flexibility index (Phi) is 4.47. The van der Waals surface area contributed by atoms with Gasteiger partial charge in [-0.2, -0.15) is 0 Å². The third-order valence-electron chi connectivity index (χ3n) is 3.19. The summed E-state index contributed by atoms with van der Waals surface area (Å²) < 4.78 is 5.68. The molecule has 6 heteroatoms. The molecule has 2 heterocycles. The van der Waals surface area contributed by atoms with Crippen molar-refractivity contribution in [3.63, 3.8) is 0 Å². The topological polar surface area (TPSA) is 77.0 Å². The highest BCUT2D eigenvalue weighted by Crippen LogP contribution is 2.22. The second-order valence-electron chi connectivity index (χ2n) is 5.26. The molecule has 0 saturated heterocycles. The highest BCUT2D eigenvalue weighted by atomic mass is 16.5. The van der Waals surface area contributed by atoms with E-state index in [1.807, 2.05) is 19.9 Å². The van der Waals surface area contributed by atoms with Crippen molar-refractivity contribution in [3.05, 3.63) is 71.8 Å². The quantitative estimate of drug-likeness (QED) is 0.795. The number of pyridine rings is 1. The summed E-state index contributed by atoms with van der Waals surface area (Å²) in [4.78, 5) is 24.6. The monoisotopic (exact) mass is 320 g/mol. The molecule has 0 aliphatic carbocycles. The van der Waals surface area contributed by atoms with E-state index < -0.39 is 0 Å². The minimum atomic E-state index is -0.233. The normalized spacial score (nSPS) is 10.2. The Labute approximate surface area is 139 Å². The molecule has 24 heavy (non-hydrogen) atoms. The van der Waals surface area contributed by atoms with Crippen LogP contribution in [0.5, 0.6) is 11.8 Å². The van der Waals surface area contributed by atoms with Crippen molar-refractivity contribution in [3.8, 4) is 11.8 Å². The van der Waals surface area contributed by atoms with Crippen molar-refractivity contribution in [2.24, 2.45) is 0 Å². The van der Waals surface area contributed by atoms with Gasteiger partial charge in [0.15, 0.2) is 0 Å². The van der Waals surface area contributed by atoms with E-state index >= 15 is 0 Å². The van der Waals surface area contributed by atoms with Crippen molar-refractivity contribution < 1.29 is 9.53 Å². The summed E-state index contributed by atoms with van der Waals surface area (Å²) in [7, 11) is 0. The molecular formula is C18H16N4O2. The predicted octanol–water partition coefficient (Wildman–Crippen LogP) is 3.53. The number of nitrogens with zero attached hydrogens (tertiary/aromatic N) is 3. The molecule has 0 spiro atoms. The van der Waals surface area contributed by atoms with E-state index in [2.05, 4.69) is 20.3 Å². The summed E-state index contributed by atoms with van der Waals surface area (Å²) >= 11 is 0. The molecule has 0 bridgehead atoms. The smallest absolute Gasteiger partial charge is 0.322 e. The third-order valence-corrected chi connectivity index (χ3v) is 3.19. The molecule has 1 N–H and O–H groups in total. The molecule has 120 valence electrons. The van der Waals surface area contributed by atoms with Crippen molar-refractivity contribution in [2.45, 2.75) is 13.8 Å². The van der Waals surface area contributed by atoms with Crippen LogP contribution in [0.25, 0.3) is 0 Å². The van der Waals surface area contributed by atoms with E-state index in [1.54, 1.807) is 42.6 Å². The zero-order chi connectivity index (χ0) is 16.9. The molecule has 0 unspecified atom stereocenters. The van der Waals surface area contributed by atoms with Crippen molar-refractivity contribution in [2.75, 3.05) is 5.32 Å². The van der Waals surface area contributed by atoms with Gasteiger partial charge in [0, 0.05) is 35.5 Å². The van der Waals surface area contributed by atoms with E-state index in [0.29, 0.717) is 17.0 Å². The van der Waals surface area contributed by atoms with E-state index in [0.717, 1.165) is 11.4 Å². The van der Waals surface area contributed by atoms with Gasteiger partial charge in [0.1, 0.15) is 5.75 Å². The van der Waals surface area contributed by atoms with Crippen LogP contribution in [0.4, 0.5) is 5.69 Å². The first-order valence-electron chi connectivity index (χ1n) is 7.42. The van der Waals surface area contributed by atoms with Crippen molar-refractivity contribution >= 4 is 11.6 Å². The lowest BCUT2D eigenvalue weighted by Gasteiger charge is -2.08. The van der Waals surface area contributed by atoms with E-state index in [9.17, 15) is 4.79 Å². The fraction of sp³-hybridized carbons (Fsp3) is 0.111. The summed E-state index contributed by atoms with van der Waals surface area (Å²) in [5, 5.41) is 2.81. The van der Waals surface area contributed by atoms with Gasteiger partial charge >= 0.3 is 6.01 Å². The maximum Gasteiger partial charge on any atom is 0.322 e. The summed E-state index contributed by atoms with van der Waals surface area (Å²) in [6, 6.07) is 12.6. The van der Waals surface area contributed by atoms with Crippen LogP contribution in [-0.2, 0) is 0 Å². The lowest BCUT2D eigenvalue weighted by molar-refractivity contribution is 0.102. The number of hydrogen-bond acceptors (Lipinski definition) is 5. The number of carbonyl (C=O) groups is 1. The molecule has 0 aliphatic heterocycles. The number of anilines is 1. The molecule has 0 aliphatic rings. The molecule has 3 rings (SSSR count). The predicted molar refractivity (Wildman–Crippen MR) is 90.2 cm³/mol. The average Bonchev–Trinajstić information content (AvgIpc) is 2.55. The zero-order valence-corrected chi connectivity index (χ0v) is 13.4. The number of nitrogens with one attached hydrogen (secondary N) is 1. The van der Waals surface area contributed by atoms with Gasteiger partial charge in [0.25, 0.3) is 5.91 Å². The number of carbonyl (C=O) groups excluding carboxylic acids is 1. The fourth-order valence-corrected chi connectivity index (χ4v) is 2.18. The van der Waals surface area contributed by atoms with Gasteiger partial charge in [0.05, 0.1) is 5.56 Å². The SMILES string of the molecule is Cc1cc(C)nc(Oc2cccc(NC(=O)c3cccnc3)c2)n1. The van der Waals surface area contributed by atoms with Crippen LogP contribution in [0.15, 0.2) is 54.9 Å². The number of amides is 1. The van der Waals surface area contributed by atoms with Gasteiger partial charge in [-0.1, -0.05) is 6.07 Å². The first-order chi connectivity index (χ1) is 11.6. The number of rotatable bonds is 4. The molecule has 0 saturated carbocycles. The van der Waals surface area contributed by atoms with Crippen LogP contribution >= 0.6 is 0 Å². The number of aryl methyl sites for hydroxylation is 2. The summed E-state index contributed by atoms with van der Waals surface area (Å²) in [6.07, 6.45) is 3.13. The van der Waals surface area contributed by atoms with E-state index in [4.69, 9.17) is 4.74 Å². The fourth-order valence-electron chi connectivity index (χ4n) is 2.18. The van der Waals surface area contributed by atoms with Crippen LogP contribution < -0.4 is 10.1 Å². The molecular weight excluding hydrogens is 304 g/mol. The van der Waals surface area contributed by atoms with Crippen LogP contribution in [-0.4, -0.2) is 20.9 Å². The van der Waals surface area contributed by atoms with Gasteiger partial charge in [-0.25, -0.2) is 9.97 Å². The second-order valence-corrected chi connectivity index (χ2v) is 5.26. The highest BCUT2D eigenvalue weighted by Gasteiger charge is 2.08. The van der Waals surface area contributed by atoms with Crippen molar-refractivity contribution in [1.29, 1.82) is 0 Å². The van der Waals surface area contributed by atoms with Crippen LogP contribution in [0.1, 0.15) is 21.7 Å². The molecule has 0 fully saturated rings. The first kappa shape index (κ1) is 15.6. The summed E-state index contributed by atoms with van der Waals surface area (Å²) in [5.41, 5.74) is 2.77. The van der Waals surface area contributed by atoms with Gasteiger partial charge in [-0.05, 0) is 44.2 Å². The maximum absolute atomic E-state index is 12.2. The Morgan fingerprint density at radius 2 is 1.83 bits per heavy atom. The van der Waals surface area contributed by atoms with E-state index in [-0.39, 0.29) is 11.9 Å². The molecule has 2 aromatic heterocycles. The van der Waals surface area contributed by atoms with Gasteiger partial charge < -0.3 is 10.1 Å². The Morgan fingerprint density at radius 3 is 2.54 bits per heavy atom. The van der Waals surface area contributed by atoms with Crippen LogP contribution in [0, 0.1) is 13.8 Å². The molecule has 3 aromatic rings. The van der Waals surface area contributed by atoms with Crippen LogP contribution in [0.3, 0.4) is 0 Å². The maximum atomic E-state index is 12.2. The Morgan fingerprint density at radius 1 is 1.04 bits per heavy atom. The Balaban J connectivity index is 1.75. The van der Waals surface area contributed by atoms with Gasteiger partial charge in [0.2, 0.25) is 0 Å². The molecule has 0 atom stereocenters. The summed E-state index contributed by atoms with van der Waals surface area (Å²) in [5.74, 6) is 0.312. The minimum Gasteiger partial charge on any atom is -0.424 e. The lowest BCUT2D eigenvalue weighted by atomic mass is 10.2. The molecule has 1 amide bonds. The largest absolute Gasteiger partial charge is 0.424 e. The molecule has 0 radical (unpaired) electrons. The zero-order valence-electron chi connectivity index (χ0n) is 13.4. The highest BCUT2D eigenvalue weighted by molar-refractivity contribution is 6.04. The van der Waals surface area contributed by atoms with Gasteiger partial charge in [-0.3, -0.25) is 9.78 Å². The first-order valence-corrected chi connectivity index (χ1v) is 7.42. The minimum absolute atomic E-state index is 0.233. The number of ether oxygens (including phenoxy) is 1. The second kappa shape index (κ2) is 6.87. The standard InChI is InChI=1S/C18H16N4O2/c1-12-9-13(2)21-18(20-12)24-16-7-3-6-15(10-16)22-17(23)14-5-4-8-19-11-14/h3-11H,1-2H3,(H,22,23). The van der Waals surface area contributed by atoms with Gasteiger partial charge in [-0.15, -0.1) is 0 Å². The number of aromatic nitrogens is 3. The molecule has 6 nitrogen and oxygen atoms in total. The molecule has 1 aromatic carbocycles. The van der Waals surface area contributed by atoms with E-state index in [1.165, 1.54) is 6.20 Å². The number of hydrogen-bond donors (Lipinski definition) is 1. The van der Waals surface area contributed by atoms with Crippen molar-refractivity contribution in [1.82, 2.24) is 15.0 Å². The average molecular weight is 320 g/mol. The van der Waals surface area contributed by atoms with Crippen LogP contribution in [0.2, 0.25) is 0 Å². The lowest BCUT2D eigenvalue weighted by Crippen LogP contribution is -2.11. The Bertz CT molecular complexity index is 846.